The van der Waals surface area contributed by atoms with Gasteiger partial charge >= 0.3 is 5.97 Å². The fourth-order valence-corrected chi connectivity index (χ4v) is 1.39. The van der Waals surface area contributed by atoms with E-state index in [0.29, 0.717) is 0 Å². The van der Waals surface area contributed by atoms with Crippen molar-refractivity contribution in [3.63, 3.8) is 0 Å². The van der Waals surface area contributed by atoms with Crippen LogP contribution in [0, 0.1) is 0 Å². The Morgan fingerprint density at radius 3 is 2.35 bits per heavy atom. The third-order valence-electron chi connectivity index (χ3n) is 2.35. The van der Waals surface area contributed by atoms with Gasteiger partial charge < -0.3 is 36.2 Å². The summed E-state index contributed by atoms with van der Waals surface area (Å²) in [4.78, 5) is 21.6. The molecule has 1 heterocycles. The summed E-state index contributed by atoms with van der Waals surface area (Å²) in [6.07, 6.45) is -6.30. The number of carboxylic acid groups (broad SMARTS) is 1. The summed E-state index contributed by atoms with van der Waals surface area (Å²) in [6.45, 7) is -0.653. The molecule has 98 valence electrons. The van der Waals surface area contributed by atoms with Crippen molar-refractivity contribution < 1.29 is 34.8 Å². The second kappa shape index (κ2) is 5.38. The van der Waals surface area contributed by atoms with Crippen LogP contribution in [0.15, 0.2) is 0 Å². The Kier molecular flexibility index (Phi) is 4.37. The van der Waals surface area contributed by atoms with E-state index in [0.717, 1.165) is 0 Å². The van der Waals surface area contributed by atoms with Crippen molar-refractivity contribution in [3.8, 4) is 0 Å². The number of aliphatic hydroxyl groups excluding tert-OH is 3. The van der Waals surface area contributed by atoms with Crippen LogP contribution in [0.5, 0.6) is 0 Å². The lowest BCUT2D eigenvalue weighted by atomic mass is 9.96. The van der Waals surface area contributed by atoms with Gasteiger partial charge in [0.05, 0.1) is 6.04 Å². The second-order valence-corrected chi connectivity index (χ2v) is 3.62. The van der Waals surface area contributed by atoms with E-state index in [9.17, 15) is 24.9 Å². The first-order valence-electron chi connectivity index (χ1n) is 4.79. The molecular weight excluding hydrogens is 236 g/mol. The van der Waals surface area contributed by atoms with Gasteiger partial charge in [-0.05, 0) is 0 Å². The molecule has 7 N–H and O–H groups in total. The van der Waals surface area contributed by atoms with Crippen LogP contribution in [0.1, 0.15) is 0 Å². The third-order valence-corrected chi connectivity index (χ3v) is 2.35. The molecule has 1 aliphatic heterocycles. The van der Waals surface area contributed by atoms with E-state index in [2.05, 4.69) is 4.74 Å². The smallest absolute Gasteiger partial charge is 0.322 e. The average Bonchev–Trinajstić information content (AvgIpc) is 2.28. The maximum absolute atomic E-state index is 11.4. The first-order valence-corrected chi connectivity index (χ1v) is 4.79. The number of nitrogens with two attached hydrogens (primary N) is 1. The summed E-state index contributed by atoms with van der Waals surface area (Å²) < 4.78 is 4.65. The lowest BCUT2D eigenvalue weighted by Gasteiger charge is -2.38. The van der Waals surface area contributed by atoms with Gasteiger partial charge in [-0.3, -0.25) is 9.59 Å². The lowest BCUT2D eigenvalue weighted by molar-refractivity contribution is -0.247. The van der Waals surface area contributed by atoms with E-state index in [1.165, 1.54) is 0 Å². The largest absolute Gasteiger partial charge is 0.480 e. The predicted molar refractivity (Wildman–Crippen MR) is 51.5 cm³/mol. The fourth-order valence-electron chi connectivity index (χ4n) is 1.39. The number of ether oxygens (including phenoxy) is 1. The Balaban J connectivity index is 2.63. The zero-order valence-corrected chi connectivity index (χ0v) is 8.68. The minimum Gasteiger partial charge on any atom is -0.480 e. The van der Waals surface area contributed by atoms with Crippen molar-refractivity contribution >= 4 is 11.9 Å². The maximum atomic E-state index is 11.4. The van der Waals surface area contributed by atoms with Crippen molar-refractivity contribution in [2.45, 2.75) is 30.6 Å². The van der Waals surface area contributed by atoms with Crippen molar-refractivity contribution in [3.05, 3.63) is 0 Å². The first kappa shape index (κ1) is 13.8. The molecule has 17 heavy (non-hydrogen) atoms. The number of carbonyl (C=O) groups excluding carboxylic acids is 1. The Morgan fingerprint density at radius 2 is 1.82 bits per heavy atom. The molecule has 1 saturated heterocycles. The molecule has 1 aliphatic rings. The number of carboxylic acids is 1. The van der Waals surface area contributed by atoms with Crippen molar-refractivity contribution in [2.24, 2.45) is 5.73 Å². The Morgan fingerprint density at radius 1 is 1.24 bits per heavy atom. The van der Waals surface area contributed by atoms with Gasteiger partial charge in [0.25, 0.3) is 5.91 Å². The minimum absolute atomic E-state index is 0.653. The molecule has 9 heteroatoms. The summed E-state index contributed by atoms with van der Waals surface area (Å²) in [7, 11) is 0. The van der Waals surface area contributed by atoms with Gasteiger partial charge in [-0.25, -0.2) is 0 Å². The fraction of sp³-hybridized carbons (Fsp3) is 0.750. The molecular formula is C8H14N2O7. The Bertz CT molecular complexity index is 310. The maximum Gasteiger partial charge on any atom is 0.322 e. The quantitative estimate of drug-likeness (QED) is 0.295. The summed E-state index contributed by atoms with van der Waals surface area (Å²) in [5.74, 6) is -2.20. The van der Waals surface area contributed by atoms with E-state index in [1.54, 1.807) is 0 Å². The molecule has 0 bridgehead atoms. The molecule has 0 radical (unpaired) electrons. The highest BCUT2D eigenvalue weighted by atomic mass is 16.6. The monoisotopic (exact) mass is 250 g/mol. The number of carbonyl (C=O) groups is 2. The van der Waals surface area contributed by atoms with E-state index in [-0.39, 0.29) is 0 Å². The van der Waals surface area contributed by atoms with Crippen LogP contribution in [0.2, 0.25) is 0 Å². The summed E-state index contributed by atoms with van der Waals surface area (Å²) in [5.41, 5.74) is 5.36. The van der Waals surface area contributed by atoms with E-state index in [4.69, 9.17) is 10.8 Å². The highest BCUT2D eigenvalue weighted by Gasteiger charge is 2.45. The van der Waals surface area contributed by atoms with Crippen LogP contribution in [-0.4, -0.2) is 69.5 Å². The topological polar surface area (TPSA) is 162 Å². The van der Waals surface area contributed by atoms with Gasteiger partial charge in [0.1, 0.15) is 18.8 Å². The number of aliphatic carboxylic acids is 1. The number of amides is 1. The number of hydrogen-bond donors (Lipinski definition) is 6. The standard InChI is InChI=1S/C8H14N2O7/c9-3-4(13)6(17-8(16)5(3)14)7(15)10-1-2(11)12/h3-6,8,13-14,16H,1,9H2,(H,10,15)(H,11,12)/t3?,4-,5?,6?,8?/m0/s1. The predicted octanol–water partition coefficient (Wildman–Crippen LogP) is -4.05. The van der Waals surface area contributed by atoms with Crippen molar-refractivity contribution in [1.29, 1.82) is 0 Å². The molecule has 0 aliphatic carbocycles. The normalized spacial score (nSPS) is 37.5. The molecule has 0 spiro atoms. The molecule has 0 aromatic carbocycles. The van der Waals surface area contributed by atoms with E-state index < -0.39 is 49.1 Å². The van der Waals surface area contributed by atoms with E-state index >= 15 is 0 Å². The molecule has 1 amide bonds. The van der Waals surface area contributed by atoms with Crippen LogP contribution in [0.25, 0.3) is 0 Å². The summed E-state index contributed by atoms with van der Waals surface area (Å²) in [5, 5.41) is 38.3. The molecule has 1 fully saturated rings. The highest BCUT2D eigenvalue weighted by Crippen LogP contribution is 2.18. The van der Waals surface area contributed by atoms with Gasteiger partial charge in [-0.15, -0.1) is 0 Å². The van der Waals surface area contributed by atoms with Gasteiger partial charge in [0.2, 0.25) is 0 Å². The summed E-state index contributed by atoms with van der Waals surface area (Å²) >= 11 is 0. The average molecular weight is 250 g/mol. The van der Waals surface area contributed by atoms with Crippen molar-refractivity contribution in [2.75, 3.05) is 6.54 Å². The van der Waals surface area contributed by atoms with Crippen LogP contribution in [0.3, 0.4) is 0 Å². The SMILES string of the molecule is NC1C(O)C(O)OC(C(=O)NCC(=O)O)[C@H]1O. The molecule has 4 unspecified atom stereocenters. The highest BCUT2D eigenvalue weighted by molar-refractivity contribution is 5.85. The van der Waals surface area contributed by atoms with Crippen LogP contribution < -0.4 is 11.1 Å². The van der Waals surface area contributed by atoms with Crippen molar-refractivity contribution in [1.82, 2.24) is 5.32 Å². The molecule has 1 rings (SSSR count). The Labute approximate surface area is 95.8 Å². The molecule has 0 aromatic rings. The third kappa shape index (κ3) is 3.11. The number of hydrogen-bond acceptors (Lipinski definition) is 7. The second-order valence-electron chi connectivity index (χ2n) is 3.62. The van der Waals surface area contributed by atoms with Crippen LogP contribution in [0.4, 0.5) is 0 Å². The summed E-state index contributed by atoms with van der Waals surface area (Å²) in [6, 6.07) is -1.26. The van der Waals surface area contributed by atoms with Crippen LogP contribution in [-0.2, 0) is 14.3 Å². The number of rotatable bonds is 3. The number of nitrogens with one attached hydrogen (secondary N) is 1. The number of aliphatic hydroxyl groups is 3. The molecule has 0 aromatic heterocycles. The van der Waals surface area contributed by atoms with Gasteiger partial charge in [-0.1, -0.05) is 0 Å². The van der Waals surface area contributed by atoms with E-state index in [1.807, 2.05) is 5.32 Å². The lowest BCUT2D eigenvalue weighted by Crippen LogP contribution is -2.64. The van der Waals surface area contributed by atoms with Crippen LogP contribution >= 0.6 is 0 Å². The minimum atomic E-state index is -1.71. The Hall–Kier alpha value is -1.26. The van der Waals surface area contributed by atoms with Gasteiger partial charge in [0.15, 0.2) is 12.4 Å². The molecule has 5 atom stereocenters. The molecule has 0 saturated carbocycles. The molecule has 9 nitrogen and oxygen atoms in total. The zero-order chi connectivity index (χ0) is 13.2. The van der Waals surface area contributed by atoms with Gasteiger partial charge in [-0.2, -0.15) is 0 Å². The first-order chi connectivity index (χ1) is 7.84. The zero-order valence-electron chi connectivity index (χ0n) is 8.68. The van der Waals surface area contributed by atoms with Gasteiger partial charge in [0, 0.05) is 0 Å².